The molecule has 6 nitrogen and oxygen atoms in total. The molecule has 1 aromatic heterocycles. The predicted molar refractivity (Wildman–Crippen MR) is 114 cm³/mol. The van der Waals surface area contributed by atoms with Gasteiger partial charge in [-0.15, -0.1) is 11.3 Å². The predicted octanol–water partition coefficient (Wildman–Crippen LogP) is 3.63. The molecule has 0 aliphatic heterocycles. The first-order valence-corrected chi connectivity index (χ1v) is 11.3. The fourth-order valence-electron chi connectivity index (χ4n) is 3.22. The van der Waals surface area contributed by atoms with Crippen molar-refractivity contribution in [1.82, 2.24) is 10.3 Å². The molecule has 1 aliphatic carbocycles. The molecule has 1 aromatic carbocycles. The number of carbonyl (C=O) groups is 1. The van der Waals surface area contributed by atoms with Gasteiger partial charge in [-0.1, -0.05) is 11.8 Å². The molecule has 152 valence electrons. The van der Waals surface area contributed by atoms with Crippen LogP contribution in [0.2, 0.25) is 0 Å². The van der Waals surface area contributed by atoms with Crippen molar-refractivity contribution in [1.29, 1.82) is 0 Å². The summed E-state index contributed by atoms with van der Waals surface area (Å²) >= 11 is 3.58. The van der Waals surface area contributed by atoms with Crippen molar-refractivity contribution in [3.05, 3.63) is 34.8 Å². The molecule has 0 unspecified atom stereocenters. The molecule has 1 amide bonds. The molecule has 1 aliphatic rings. The Morgan fingerprint density at radius 1 is 1.36 bits per heavy atom. The maximum Gasteiger partial charge on any atom is 0.255 e. The molecule has 1 saturated carbocycles. The number of benzene rings is 1. The number of nitrogens with zero attached hydrogens (tertiary/aromatic N) is 1. The molecule has 0 radical (unpaired) electrons. The summed E-state index contributed by atoms with van der Waals surface area (Å²) in [6, 6.07) is 5.43. The van der Waals surface area contributed by atoms with Crippen molar-refractivity contribution >= 4 is 29.0 Å². The number of amides is 1. The van der Waals surface area contributed by atoms with E-state index < -0.39 is 0 Å². The minimum Gasteiger partial charge on any atom is -0.497 e. The SMILES string of the molecule is COc1ccc(C(=O)NC2CCC(Sc3nc(C)cs3)CC2)c(OCCN)c1. The summed E-state index contributed by atoms with van der Waals surface area (Å²) in [5.41, 5.74) is 7.13. The fourth-order valence-corrected chi connectivity index (χ4v) is 5.51. The molecule has 3 N–H and O–H groups in total. The van der Waals surface area contributed by atoms with Gasteiger partial charge in [-0.2, -0.15) is 0 Å². The van der Waals surface area contributed by atoms with Crippen LogP contribution in [0.4, 0.5) is 0 Å². The van der Waals surface area contributed by atoms with Crippen molar-refractivity contribution in [2.75, 3.05) is 20.3 Å². The molecule has 0 spiro atoms. The van der Waals surface area contributed by atoms with E-state index in [1.165, 1.54) is 0 Å². The average molecular weight is 422 g/mol. The Balaban J connectivity index is 1.55. The number of methoxy groups -OCH3 is 1. The van der Waals surface area contributed by atoms with E-state index in [4.69, 9.17) is 15.2 Å². The fraction of sp³-hybridized carbons (Fsp3) is 0.500. The molecular weight excluding hydrogens is 394 g/mol. The van der Waals surface area contributed by atoms with E-state index in [9.17, 15) is 4.79 Å². The molecule has 0 atom stereocenters. The van der Waals surface area contributed by atoms with Crippen molar-refractivity contribution < 1.29 is 14.3 Å². The number of nitrogens with two attached hydrogens (primary N) is 1. The normalized spacial score (nSPS) is 19.2. The molecule has 1 heterocycles. The largest absolute Gasteiger partial charge is 0.497 e. The van der Waals surface area contributed by atoms with Gasteiger partial charge < -0.3 is 20.5 Å². The van der Waals surface area contributed by atoms with Crippen LogP contribution in [0.25, 0.3) is 0 Å². The van der Waals surface area contributed by atoms with Crippen molar-refractivity contribution in [3.63, 3.8) is 0 Å². The Bertz CT molecular complexity index is 789. The number of hydrogen-bond donors (Lipinski definition) is 2. The topological polar surface area (TPSA) is 86.5 Å². The summed E-state index contributed by atoms with van der Waals surface area (Å²) in [5, 5.41) is 5.83. The second-order valence-electron chi connectivity index (χ2n) is 6.82. The number of ether oxygens (including phenoxy) is 2. The summed E-state index contributed by atoms with van der Waals surface area (Å²) < 4.78 is 12.0. The summed E-state index contributed by atoms with van der Waals surface area (Å²) in [6.07, 6.45) is 4.10. The lowest BCUT2D eigenvalue weighted by molar-refractivity contribution is 0.0924. The summed E-state index contributed by atoms with van der Waals surface area (Å²) in [4.78, 5) is 17.3. The van der Waals surface area contributed by atoms with Gasteiger partial charge in [0.1, 0.15) is 22.4 Å². The zero-order chi connectivity index (χ0) is 19.9. The second-order valence-corrected chi connectivity index (χ2v) is 9.22. The monoisotopic (exact) mass is 421 g/mol. The maximum absolute atomic E-state index is 12.8. The highest BCUT2D eigenvalue weighted by Crippen LogP contribution is 2.35. The molecule has 3 rings (SSSR count). The van der Waals surface area contributed by atoms with Gasteiger partial charge in [0.2, 0.25) is 0 Å². The Labute approximate surface area is 174 Å². The number of nitrogens with one attached hydrogen (secondary N) is 1. The summed E-state index contributed by atoms with van der Waals surface area (Å²) in [7, 11) is 1.59. The highest BCUT2D eigenvalue weighted by molar-refractivity contribution is 8.01. The standard InChI is InChI=1S/C20H27N3O3S2/c1-13-12-27-20(22-13)28-16-6-3-14(4-7-16)23-19(24)17-8-5-15(25-2)11-18(17)26-10-9-21/h5,8,11-12,14,16H,3-4,6-7,9-10,21H2,1-2H3,(H,23,24). The van der Waals surface area contributed by atoms with Crippen molar-refractivity contribution in [2.24, 2.45) is 5.73 Å². The lowest BCUT2D eigenvalue weighted by Gasteiger charge is -2.28. The minimum absolute atomic E-state index is 0.110. The van der Waals surface area contributed by atoms with Crippen molar-refractivity contribution in [2.45, 2.75) is 48.2 Å². The van der Waals surface area contributed by atoms with Gasteiger partial charge in [0.05, 0.1) is 12.7 Å². The summed E-state index contributed by atoms with van der Waals surface area (Å²) in [6.45, 7) is 2.77. The Kier molecular flexibility index (Phi) is 7.58. The smallest absolute Gasteiger partial charge is 0.255 e. The number of aryl methyl sites for hydroxylation is 1. The van der Waals surface area contributed by atoms with Crippen LogP contribution in [0.1, 0.15) is 41.7 Å². The molecule has 0 saturated heterocycles. The quantitative estimate of drug-likeness (QED) is 0.677. The van der Waals surface area contributed by atoms with Gasteiger partial charge in [0.15, 0.2) is 0 Å². The van der Waals surface area contributed by atoms with E-state index in [0.29, 0.717) is 35.5 Å². The lowest BCUT2D eigenvalue weighted by atomic mass is 9.94. The van der Waals surface area contributed by atoms with Crippen molar-refractivity contribution in [3.8, 4) is 11.5 Å². The Morgan fingerprint density at radius 3 is 2.79 bits per heavy atom. The maximum atomic E-state index is 12.8. The third-order valence-corrected chi connectivity index (χ3v) is 7.11. The minimum atomic E-state index is -0.110. The van der Waals surface area contributed by atoms with Gasteiger partial charge in [-0.3, -0.25) is 4.79 Å². The second kappa shape index (κ2) is 10.1. The van der Waals surface area contributed by atoms with Crippen LogP contribution in [0.3, 0.4) is 0 Å². The van der Waals surface area contributed by atoms with Gasteiger partial charge in [-0.05, 0) is 44.7 Å². The third kappa shape index (κ3) is 5.62. The first-order valence-electron chi connectivity index (χ1n) is 9.49. The zero-order valence-corrected chi connectivity index (χ0v) is 17.9. The van der Waals surface area contributed by atoms with E-state index in [0.717, 1.165) is 35.7 Å². The van der Waals surface area contributed by atoms with Crippen LogP contribution < -0.4 is 20.5 Å². The van der Waals surface area contributed by atoms with E-state index in [2.05, 4.69) is 15.7 Å². The molecule has 0 bridgehead atoms. The van der Waals surface area contributed by atoms with E-state index >= 15 is 0 Å². The lowest BCUT2D eigenvalue weighted by Crippen LogP contribution is -2.38. The number of aromatic nitrogens is 1. The van der Waals surface area contributed by atoms with E-state index in [1.54, 1.807) is 36.6 Å². The number of hydrogen-bond acceptors (Lipinski definition) is 7. The van der Waals surface area contributed by atoms with E-state index in [-0.39, 0.29) is 11.9 Å². The average Bonchev–Trinajstić information content (AvgIpc) is 3.12. The number of thioether (sulfide) groups is 1. The Hall–Kier alpha value is -1.77. The number of carbonyl (C=O) groups excluding carboxylic acids is 1. The van der Waals surface area contributed by atoms with Crippen LogP contribution >= 0.6 is 23.1 Å². The van der Waals surface area contributed by atoms with Crippen LogP contribution in [-0.4, -0.2) is 42.4 Å². The highest BCUT2D eigenvalue weighted by Gasteiger charge is 2.25. The number of rotatable bonds is 8. The summed E-state index contributed by atoms with van der Waals surface area (Å²) in [5.74, 6) is 1.05. The van der Waals surface area contributed by atoms with Crippen LogP contribution in [0.5, 0.6) is 11.5 Å². The molecule has 1 fully saturated rings. The highest BCUT2D eigenvalue weighted by atomic mass is 32.2. The van der Waals surface area contributed by atoms with Gasteiger partial charge >= 0.3 is 0 Å². The first-order chi connectivity index (χ1) is 13.6. The number of thiazole rings is 1. The third-order valence-electron chi connectivity index (χ3n) is 4.68. The first kappa shape index (κ1) is 21.0. The molecular formula is C20H27N3O3S2. The Morgan fingerprint density at radius 2 is 2.14 bits per heavy atom. The molecule has 8 heteroatoms. The van der Waals surface area contributed by atoms with Crippen LogP contribution in [0.15, 0.2) is 27.9 Å². The van der Waals surface area contributed by atoms with Crippen LogP contribution in [-0.2, 0) is 0 Å². The van der Waals surface area contributed by atoms with Gasteiger partial charge in [-0.25, -0.2) is 4.98 Å². The van der Waals surface area contributed by atoms with Gasteiger partial charge in [0.25, 0.3) is 5.91 Å². The molecule has 28 heavy (non-hydrogen) atoms. The van der Waals surface area contributed by atoms with E-state index in [1.807, 2.05) is 18.7 Å². The molecule has 2 aromatic rings. The zero-order valence-electron chi connectivity index (χ0n) is 16.3. The van der Waals surface area contributed by atoms with Gasteiger partial charge in [0, 0.05) is 35.0 Å². The van der Waals surface area contributed by atoms with Crippen LogP contribution in [0, 0.1) is 6.92 Å².